The van der Waals surface area contributed by atoms with E-state index in [2.05, 4.69) is 41.1 Å². The van der Waals surface area contributed by atoms with E-state index in [0.29, 0.717) is 42.3 Å². The highest BCUT2D eigenvalue weighted by molar-refractivity contribution is 6.30. The summed E-state index contributed by atoms with van der Waals surface area (Å²) in [5.74, 6) is 0.780. The average Bonchev–Trinajstić information content (AvgIpc) is 3.48. The van der Waals surface area contributed by atoms with Gasteiger partial charge in [0.25, 0.3) is 0 Å². The van der Waals surface area contributed by atoms with Gasteiger partial charge in [-0.1, -0.05) is 37.6 Å². The maximum absolute atomic E-state index is 13.8. The highest BCUT2D eigenvalue weighted by Crippen LogP contribution is 2.23. The number of amides is 2. The molecule has 2 fully saturated rings. The molecule has 0 unspecified atom stereocenters. The third kappa shape index (κ3) is 8.54. The summed E-state index contributed by atoms with van der Waals surface area (Å²) in [6, 6.07) is 10.1. The minimum Gasteiger partial charge on any atom is -0.468 e. The molecule has 0 saturated carbocycles. The Balaban J connectivity index is 1.40. The molecule has 2 saturated heterocycles. The number of nitrogens with zero attached hydrogens (tertiary/aromatic N) is 4. The van der Waals surface area contributed by atoms with Gasteiger partial charge in [0.2, 0.25) is 11.8 Å². The molecule has 0 bridgehead atoms. The van der Waals surface area contributed by atoms with Crippen LogP contribution < -0.4 is 11.1 Å². The van der Waals surface area contributed by atoms with E-state index < -0.39 is 12.1 Å². The monoisotopic (exact) mass is 572 g/mol. The number of hydrogen-bond donors (Lipinski definition) is 2. The van der Waals surface area contributed by atoms with Crippen LogP contribution in [-0.2, 0) is 16.0 Å². The minimum absolute atomic E-state index is 0.0369. The number of nitrogens with two attached hydrogens (primary N) is 1. The topological polar surface area (TPSA) is 98.3 Å². The van der Waals surface area contributed by atoms with Crippen LogP contribution >= 0.6 is 11.6 Å². The average molecular weight is 573 g/mol. The van der Waals surface area contributed by atoms with Crippen LogP contribution in [0.2, 0.25) is 5.02 Å². The van der Waals surface area contributed by atoms with Crippen molar-refractivity contribution < 1.29 is 14.0 Å². The Morgan fingerprint density at radius 2 is 1.75 bits per heavy atom. The summed E-state index contributed by atoms with van der Waals surface area (Å²) in [6.07, 6.45) is 3.79. The van der Waals surface area contributed by atoms with Gasteiger partial charge in [0, 0.05) is 69.7 Å². The molecule has 9 nitrogen and oxygen atoms in total. The van der Waals surface area contributed by atoms with Crippen LogP contribution in [0.4, 0.5) is 0 Å². The number of piperazine rings is 1. The van der Waals surface area contributed by atoms with Gasteiger partial charge in [0.1, 0.15) is 11.8 Å². The molecule has 0 spiro atoms. The first-order chi connectivity index (χ1) is 19.2. The van der Waals surface area contributed by atoms with Crippen molar-refractivity contribution >= 4 is 23.4 Å². The zero-order valence-electron chi connectivity index (χ0n) is 24.1. The lowest BCUT2D eigenvalue weighted by molar-refractivity contribution is -0.141. The van der Waals surface area contributed by atoms with Crippen molar-refractivity contribution in [2.45, 2.75) is 57.7 Å². The number of hydrogen-bond acceptors (Lipinski definition) is 7. The van der Waals surface area contributed by atoms with E-state index in [4.69, 9.17) is 21.8 Å². The summed E-state index contributed by atoms with van der Waals surface area (Å²) in [5, 5.41) is 8.70. The van der Waals surface area contributed by atoms with Gasteiger partial charge >= 0.3 is 0 Å². The third-order valence-corrected chi connectivity index (χ3v) is 8.15. The van der Waals surface area contributed by atoms with E-state index in [1.165, 1.54) is 6.26 Å². The molecule has 1 aromatic heterocycles. The number of piperidine rings is 1. The fraction of sp³-hybridized carbons (Fsp3) is 0.600. The van der Waals surface area contributed by atoms with Crippen molar-refractivity contribution in [3.8, 4) is 0 Å². The number of benzene rings is 1. The molecule has 2 amide bonds. The quantitative estimate of drug-likeness (QED) is 0.427. The summed E-state index contributed by atoms with van der Waals surface area (Å²) < 4.78 is 5.35. The molecule has 40 heavy (non-hydrogen) atoms. The van der Waals surface area contributed by atoms with E-state index in [1.54, 1.807) is 24.3 Å². The fourth-order valence-corrected chi connectivity index (χ4v) is 5.77. The lowest BCUT2D eigenvalue weighted by atomic mass is 9.99. The van der Waals surface area contributed by atoms with Gasteiger partial charge in [0.05, 0.1) is 12.3 Å². The number of halogens is 1. The van der Waals surface area contributed by atoms with Crippen LogP contribution in [0.3, 0.4) is 0 Å². The van der Waals surface area contributed by atoms with Crippen molar-refractivity contribution in [1.29, 1.82) is 0 Å². The number of carbonyl (C=O) groups excluding carboxylic acids is 2. The number of nitrogens with one attached hydrogen (secondary N) is 1. The number of carbonyl (C=O) groups is 2. The summed E-state index contributed by atoms with van der Waals surface area (Å²) in [5.41, 5.74) is 7.11. The first kappa shape index (κ1) is 30.5. The van der Waals surface area contributed by atoms with E-state index in [9.17, 15) is 9.59 Å². The Labute approximate surface area is 243 Å². The lowest BCUT2D eigenvalue weighted by Gasteiger charge is -2.47. The van der Waals surface area contributed by atoms with Gasteiger partial charge in [-0.05, 0) is 55.6 Å². The summed E-state index contributed by atoms with van der Waals surface area (Å²) >= 11 is 6.08. The van der Waals surface area contributed by atoms with E-state index in [1.807, 2.05) is 17.0 Å². The van der Waals surface area contributed by atoms with Crippen molar-refractivity contribution in [3.05, 3.63) is 59.0 Å². The molecule has 2 aromatic rings. The van der Waals surface area contributed by atoms with Crippen molar-refractivity contribution in [2.75, 3.05) is 52.9 Å². The molecule has 2 aliphatic heterocycles. The van der Waals surface area contributed by atoms with Gasteiger partial charge in [-0.15, -0.1) is 0 Å². The SMILES string of the molecule is CC(C)CN(C1CCN(C(=O)[C@@H](Cc2ccc(Cl)cc2)NC(=O)C[C@H](N)c2ccco2)CC1)N1CCN(C)CC1. The Bertz CT molecular complexity index is 1060. The fourth-order valence-electron chi connectivity index (χ4n) is 5.64. The van der Waals surface area contributed by atoms with Crippen LogP contribution in [0, 0.1) is 5.92 Å². The molecule has 0 radical (unpaired) electrons. The van der Waals surface area contributed by atoms with Crippen LogP contribution in [0.1, 0.15) is 50.5 Å². The first-order valence-corrected chi connectivity index (χ1v) is 14.9. The maximum atomic E-state index is 13.8. The molecular formula is C30H45ClN6O3. The largest absolute Gasteiger partial charge is 0.468 e. The van der Waals surface area contributed by atoms with Gasteiger partial charge in [-0.3, -0.25) is 9.59 Å². The van der Waals surface area contributed by atoms with Gasteiger partial charge < -0.3 is 25.3 Å². The Morgan fingerprint density at radius 3 is 2.35 bits per heavy atom. The molecule has 3 heterocycles. The van der Waals surface area contributed by atoms with E-state index in [-0.39, 0.29) is 18.2 Å². The predicted octanol–water partition coefficient (Wildman–Crippen LogP) is 3.16. The summed E-state index contributed by atoms with van der Waals surface area (Å²) in [4.78, 5) is 31.1. The van der Waals surface area contributed by atoms with E-state index in [0.717, 1.165) is 51.1 Å². The molecule has 1 aromatic carbocycles. The molecule has 3 N–H and O–H groups in total. The Morgan fingerprint density at radius 1 is 1.07 bits per heavy atom. The molecule has 220 valence electrons. The minimum atomic E-state index is -0.682. The number of furan rings is 1. The first-order valence-electron chi connectivity index (χ1n) is 14.5. The standard InChI is InChI=1S/C30H45ClN6O3/c1-22(2)21-37(36-16-14-34(3)15-17-36)25-10-12-35(13-11-25)30(39)27(19-23-6-8-24(31)9-7-23)33-29(38)20-26(32)28-5-4-18-40-28/h4-9,18,22,25-27H,10-17,19-21,32H2,1-3H3,(H,33,38)/t26-,27+/m0/s1. The Hall–Kier alpha value is -2.43. The van der Waals surface area contributed by atoms with Crippen LogP contribution in [0.5, 0.6) is 0 Å². The lowest BCUT2D eigenvalue weighted by Crippen LogP contribution is -2.60. The second kappa shape index (κ2) is 14.5. The maximum Gasteiger partial charge on any atom is 0.245 e. The number of likely N-dealkylation sites (N-methyl/N-ethyl adjacent to an activating group) is 1. The van der Waals surface area contributed by atoms with Crippen LogP contribution in [-0.4, -0.2) is 96.6 Å². The van der Waals surface area contributed by atoms with Gasteiger partial charge in [0.15, 0.2) is 0 Å². The molecule has 2 aliphatic rings. The molecule has 2 atom stereocenters. The second-order valence-corrected chi connectivity index (χ2v) is 12.0. The number of rotatable bonds is 11. The molecule has 10 heteroatoms. The van der Waals surface area contributed by atoms with E-state index >= 15 is 0 Å². The second-order valence-electron chi connectivity index (χ2n) is 11.6. The molecular weight excluding hydrogens is 528 g/mol. The van der Waals surface area contributed by atoms with Crippen LogP contribution in [0.25, 0.3) is 0 Å². The zero-order valence-corrected chi connectivity index (χ0v) is 24.9. The Kier molecular flexibility index (Phi) is 11.0. The van der Waals surface area contributed by atoms with Crippen molar-refractivity contribution in [2.24, 2.45) is 11.7 Å². The van der Waals surface area contributed by atoms with Gasteiger partial charge in [-0.25, -0.2) is 10.0 Å². The smallest absolute Gasteiger partial charge is 0.245 e. The summed E-state index contributed by atoms with van der Waals surface area (Å²) in [7, 11) is 2.18. The van der Waals surface area contributed by atoms with Crippen LogP contribution in [0.15, 0.2) is 47.1 Å². The molecule has 0 aliphatic carbocycles. The highest BCUT2D eigenvalue weighted by Gasteiger charge is 2.34. The number of hydrazine groups is 1. The van der Waals surface area contributed by atoms with Gasteiger partial charge in [-0.2, -0.15) is 0 Å². The predicted molar refractivity (Wildman–Crippen MR) is 158 cm³/mol. The number of likely N-dealkylation sites (tertiary alicyclic amines) is 1. The van der Waals surface area contributed by atoms with Crippen molar-refractivity contribution in [1.82, 2.24) is 25.1 Å². The zero-order chi connectivity index (χ0) is 28.6. The molecule has 4 rings (SSSR count). The third-order valence-electron chi connectivity index (χ3n) is 7.89. The highest BCUT2D eigenvalue weighted by atomic mass is 35.5. The summed E-state index contributed by atoms with van der Waals surface area (Å²) in [6.45, 7) is 11.1. The van der Waals surface area contributed by atoms with Crippen molar-refractivity contribution in [3.63, 3.8) is 0 Å². The normalized spacial score (nSPS) is 19.2.